The maximum absolute atomic E-state index is 13.2. The third kappa shape index (κ3) is 2.26. The molecule has 2 amide bonds. The Labute approximate surface area is 165 Å². The molecule has 2 atom stereocenters. The normalized spacial score (nSPS) is 25.1. The van der Waals surface area contributed by atoms with Gasteiger partial charge in [0, 0.05) is 18.8 Å². The number of amides is 2. The average Bonchev–Trinajstić information content (AvgIpc) is 3.01. The number of nitrogens with zero attached hydrogens (tertiary/aromatic N) is 3. The van der Waals surface area contributed by atoms with Crippen molar-refractivity contribution in [1.29, 1.82) is 5.26 Å². The maximum Gasteiger partial charge on any atom is 0.259 e. The van der Waals surface area contributed by atoms with Gasteiger partial charge in [0.2, 0.25) is 17.8 Å². The summed E-state index contributed by atoms with van der Waals surface area (Å²) in [5.74, 6) is -2.19. The van der Waals surface area contributed by atoms with Gasteiger partial charge >= 0.3 is 0 Å². The van der Waals surface area contributed by atoms with Gasteiger partial charge in [-0.1, -0.05) is 18.2 Å². The van der Waals surface area contributed by atoms with Gasteiger partial charge in [-0.05, 0) is 30.9 Å². The van der Waals surface area contributed by atoms with Gasteiger partial charge in [-0.25, -0.2) is 0 Å². The molecule has 3 N–H and O–H groups in total. The van der Waals surface area contributed by atoms with Crippen molar-refractivity contribution in [2.45, 2.75) is 24.7 Å². The van der Waals surface area contributed by atoms with E-state index in [2.05, 4.69) is 20.6 Å². The number of benzene rings is 1. The fourth-order valence-corrected chi connectivity index (χ4v) is 4.67. The van der Waals surface area contributed by atoms with Crippen LogP contribution >= 0.6 is 0 Å². The first-order valence-corrected chi connectivity index (χ1v) is 9.58. The number of para-hydroxylation sites is 1. The van der Waals surface area contributed by atoms with Crippen molar-refractivity contribution in [3.05, 3.63) is 45.7 Å². The van der Waals surface area contributed by atoms with E-state index in [4.69, 9.17) is 0 Å². The molecule has 9 heteroatoms. The summed E-state index contributed by atoms with van der Waals surface area (Å²) in [5.41, 5.74) is -1.33. The van der Waals surface area contributed by atoms with E-state index in [1.807, 2.05) is 11.0 Å². The highest BCUT2D eigenvalue weighted by molar-refractivity contribution is 6.16. The maximum atomic E-state index is 13.2. The number of fused-ring (bicyclic) bond motifs is 4. The van der Waals surface area contributed by atoms with Gasteiger partial charge in [0.15, 0.2) is 0 Å². The largest absolute Gasteiger partial charge is 0.342 e. The molecular formula is C20H18N6O3. The lowest BCUT2D eigenvalue weighted by molar-refractivity contribution is -0.127. The van der Waals surface area contributed by atoms with E-state index in [9.17, 15) is 19.6 Å². The number of rotatable bonds is 1. The van der Waals surface area contributed by atoms with Crippen LogP contribution in [0, 0.1) is 17.2 Å². The van der Waals surface area contributed by atoms with E-state index in [-0.39, 0.29) is 11.4 Å². The lowest BCUT2D eigenvalue weighted by Gasteiger charge is -2.36. The van der Waals surface area contributed by atoms with Gasteiger partial charge in [-0.3, -0.25) is 19.4 Å². The molecule has 1 aromatic carbocycles. The zero-order chi connectivity index (χ0) is 20.2. The Bertz CT molecular complexity index is 1140. The van der Waals surface area contributed by atoms with Crippen molar-refractivity contribution >= 4 is 29.3 Å². The van der Waals surface area contributed by atoms with Gasteiger partial charge in [0.25, 0.3) is 5.56 Å². The van der Waals surface area contributed by atoms with Crippen molar-refractivity contribution in [1.82, 2.24) is 9.97 Å². The molecule has 1 fully saturated rings. The highest BCUT2D eigenvalue weighted by Crippen LogP contribution is 2.50. The van der Waals surface area contributed by atoms with Crippen molar-refractivity contribution < 1.29 is 9.59 Å². The van der Waals surface area contributed by atoms with Crippen LogP contribution in [0.1, 0.15) is 30.4 Å². The van der Waals surface area contributed by atoms with E-state index in [0.717, 1.165) is 32.4 Å². The molecule has 0 radical (unpaired) electrons. The monoisotopic (exact) mass is 390 g/mol. The highest BCUT2D eigenvalue weighted by atomic mass is 16.2. The minimum absolute atomic E-state index is 0.00635. The molecule has 0 bridgehead atoms. The molecule has 1 saturated heterocycles. The van der Waals surface area contributed by atoms with Crippen molar-refractivity contribution in [3.63, 3.8) is 0 Å². The molecule has 2 aromatic rings. The third-order valence-electron chi connectivity index (χ3n) is 5.98. The van der Waals surface area contributed by atoms with Crippen LogP contribution in [0.2, 0.25) is 0 Å². The topological polar surface area (TPSA) is 131 Å². The number of aromatic nitrogens is 2. The van der Waals surface area contributed by atoms with Crippen LogP contribution in [-0.2, 0) is 15.0 Å². The fraction of sp³-hybridized carbons (Fsp3) is 0.350. The average molecular weight is 390 g/mol. The summed E-state index contributed by atoms with van der Waals surface area (Å²) >= 11 is 0. The van der Waals surface area contributed by atoms with Gasteiger partial charge in [0.1, 0.15) is 17.2 Å². The molecule has 3 aliphatic rings. The summed E-state index contributed by atoms with van der Waals surface area (Å²) in [6.45, 7) is 1.51. The molecule has 1 aromatic heterocycles. The van der Waals surface area contributed by atoms with E-state index in [0.29, 0.717) is 17.2 Å². The van der Waals surface area contributed by atoms with Gasteiger partial charge in [-0.15, -0.1) is 0 Å². The Morgan fingerprint density at radius 1 is 1.10 bits per heavy atom. The molecule has 0 aliphatic carbocycles. The summed E-state index contributed by atoms with van der Waals surface area (Å²) in [4.78, 5) is 48.5. The quantitative estimate of drug-likeness (QED) is 0.668. The number of nitriles is 1. The number of nitrogens with one attached hydrogen (secondary N) is 3. The standard InChI is InChI=1S/C20H18N6O3/c21-10-12-16(27)23-15-14(17(28)25-19(24-15)26-8-4-1-5-9-26)20(12)11-6-2-3-7-13(11)22-18(20)29/h2-3,6-7,12H,1,4-5,8-9H2,(H,22,29)(H2,23,24,25,27,28)/t12-,20+/m0/s1. The van der Waals surface area contributed by atoms with Crippen molar-refractivity contribution in [2.24, 2.45) is 5.92 Å². The Balaban J connectivity index is 1.78. The summed E-state index contributed by atoms with van der Waals surface area (Å²) in [7, 11) is 0. The van der Waals surface area contributed by atoms with Crippen molar-refractivity contribution in [3.8, 4) is 6.07 Å². The minimum Gasteiger partial charge on any atom is -0.342 e. The van der Waals surface area contributed by atoms with Crippen LogP contribution in [-0.4, -0.2) is 34.9 Å². The van der Waals surface area contributed by atoms with Crippen LogP contribution in [0.3, 0.4) is 0 Å². The zero-order valence-electron chi connectivity index (χ0n) is 15.5. The van der Waals surface area contributed by atoms with Crippen LogP contribution in [0.5, 0.6) is 0 Å². The lowest BCUT2D eigenvalue weighted by Crippen LogP contribution is -2.54. The molecule has 1 spiro atoms. The van der Waals surface area contributed by atoms with Crippen LogP contribution in [0.4, 0.5) is 17.5 Å². The fourth-order valence-electron chi connectivity index (χ4n) is 4.67. The van der Waals surface area contributed by atoms with E-state index >= 15 is 0 Å². The van der Waals surface area contributed by atoms with Crippen LogP contribution in [0.25, 0.3) is 0 Å². The molecule has 5 rings (SSSR count). The van der Waals surface area contributed by atoms with E-state index < -0.39 is 28.7 Å². The number of carbonyl (C=O) groups excluding carboxylic acids is 2. The summed E-state index contributed by atoms with van der Waals surface area (Å²) < 4.78 is 0. The second-order valence-electron chi connectivity index (χ2n) is 7.52. The predicted molar refractivity (Wildman–Crippen MR) is 105 cm³/mol. The number of aromatic amines is 1. The first kappa shape index (κ1) is 17.4. The Morgan fingerprint density at radius 2 is 1.86 bits per heavy atom. The number of anilines is 3. The minimum atomic E-state index is -1.73. The first-order valence-electron chi connectivity index (χ1n) is 9.58. The van der Waals surface area contributed by atoms with Crippen LogP contribution in [0.15, 0.2) is 29.1 Å². The Morgan fingerprint density at radius 3 is 2.62 bits per heavy atom. The summed E-state index contributed by atoms with van der Waals surface area (Å²) in [6.07, 6.45) is 3.10. The number of hydrogen-bond donors (Lipinski definition) is 3. The molecule has 0 unspecified atom stereocenters. The second kappa shape index (κ2) is 6.17. The number of piperidine rings is 1. The summed E-state index contributed by atoms with van der Waals surface area (Å²) in [5, 5.41) is 15.1. The zero-order valence-corrected chi connectivity index (χ0v) is 15.5. The number of hydrogen-bond acceptors (Lipinski definition) is 6. The van der Waals surface area contributed by atoms with Crippen LogP contribution < -0.4 is 21.1 Å². The van der Waals surface area contributed by atoms with Gasteiger partial charge in [-0.2, -0.15) is 10.2 Å². The molecule has 3 aliphatic heterocycles. The number of carbonyl (C=O) groups is 2. The highest BCUT2D eigenvalue weighted by Gasteiger charge is 2.61. The third-order valence-corrected chi connectivity index (χ3v) is 5.98. The van der Waals surface area contributed by atoms with Gasteiger partial charge < -0.3 is 15.5 Å². The first-order chi connectivity index (χ1) is 14.1. The molecule has 9 nitrogen and oxygen atoms in total. The molecule has 29 heavy (non-hydrogen) atoms. The SMILES string of the molecule is N#C[C@H]1C(=O)Nc2nc(N3CCCCC3)[nH]c(=O)c2[C@]12C(=O)Nc1ccccc12. The number of H-pyrrole nitrogens is 1. The van der Waals surface area contributed by atoms with E-state index in [1.165, 1.54) is 0 Å². The lowest BCUT2D eigenvalue weighted by atomic mass is 9.65. The second-order valence-corrected chi connectivity index (χ2v) is 7.52. The predicted octanol–water partition coefficient (Wildman–Crippen LogP) is 1.09. The van der Waals surface area contributed by atoms with E-state index in [1.54, 1.807) is 24.3 Å². The smallest absolute Gasteiger partial charge is 0.259 e. The van der Waals surface area contributed by atoms with Gasteiger partial charge in [0.05, 0.1) is 11.6 Å². The molecular weight excluding hydrogens is 372 g/mol. The Kier molecular flexibility index (Phi) is 3.71. The molecule has 4 heterocycles. The van der Waals surface area contributed by atoms with Crippen molar-refractivity contribution in [2.75, 3.05) is 28.6 Å². The Hall–Kier alpha value is -3.67. The molecule has 146 valence electrons. The molecule has 0 saturated carbocycles. The summed E-state index contributed by atoms with van der Waals surface area (Å²) in [6, 6.07) is 8.75.